The fourth-order valence-corrected chi connectivity index (χ4v) is 2.85. The molecule has 0 aliphatic carbocycles. The van der Waals surface area contributed by atoms with Gasteiger partial charge in [0, 0.05) is 38.1 Å². The molecule has 126 valence electrons. The Hall–Kier alpha value is -2.40. The van der Waals surface area contributed by atoms with Gasteiger partial charge in [0.25, 0.3) is 0 Å². The highest BCUT2D eigenvalue weighted by Gasteiger charge is 2.19. The Morgan fingerprint density at radius 3 is 2.29 bits per heavy atom. The van der Waals surface area contributed by atoms with Gasteiger partial charge in [0.1, 0.15) is 5.82 Å². The predicted molar refractivity (Wildman–Crippen MR) is 97.4 cm³/mol. The van der Waals surface area contributed by atoms with Crippen LogP contribution in [0.15, 0.2) is 42.6 Å². The SMILES string of the molecule is Cc1ccc(N2CCN(CC(=O)Nc3ccc(C)cn3)CC2)cc1. The molecule has 0 bridgehead atoms. The number of rotatable bonds is 4. The van der Waals surface area contributed by atoms with Gasteiger partial charge in [0.05, 0.1) is 6.54 Å². The second kappa shape index (κ2) is 7.45. The molecule has 5 nitrogen and oxygen atoms in total. The number of anilines is 2. The number of nitrogens with one attached hydrogen (secondary N) is 1. The average molecular weight is 324 g/mol. The summed E-state index contributed by atoms with van der Waals surface area (Å²) >= 11 is 0. The summed E-state index contributed by atoms with van der Waals surface area (Å²) in [6.07, 6.45) is 1.76. The van der Waals surface area contributed by atoms with E-state index in [4.69, 9.17) is 0 Å². The van der Waals surface area contributed by atoms with Crippen LogP contribution in [0.5, 0.6) is 0 Å². The highest BCUT2D eigenvalue weighted by Crippen LogP contribution is 2.17. The molecule has 0 radical (unpaired) electrons. The van der Waals surface area contributed by atoms with E-state index < -0.39 is 0 Å². The van der Waals surface area contributed by atoms with Gasteiger partial charge >= 0.3 is 0 Å². The minimum Gasteiger partial charge on any atom is -0.369 e. The summed E-state index contributed by atoms with van der Waals surface area (Å²) in [5, 5.41) is 2.86. The van der Waals surface area contributed by atoms with Crippen LogP contribution >= 0.6 is 0 Å². The van der Waals surface area contributed by atoms with E-state index in [0.717, 1.165) is 31.7 Å². The first kappa shape index (κ1) is 16.5. The lowest BCUT2D eigenvalue weighted by molar-refractivity contribution is -0.117. The highest BCUT2D eigenvalue weighted by atomic mass is 16.2. The lowest BCUT2D eigenvalue weighted by atomic mass is 10.2. The Morgan fingerprint density at radius 2 is 1.67 bits per heavy atom. The van der Waals surface area contributed by atoms with Crippen molar-refractivity contribution < 1.29 is 4.79 Å². The number of aromatic nitrogens is 1. The van der Waals surface area contributed by atoms with Crippen molar-refractivity contribution in [1.82, 2.24) is 9.88 Å². The number of pyridine rings is 1. The highest BCUT2D eigenvalue weighted by molar-refractivity contribution is 5.91. The number of carbonyl (C=O) groups excluding carboxylic acids is 1. The number of hydrogen-bond donors (Lipinski definition) is 1. The van der Waals surface area contributed by atoms with Gasteiger partial charge in [-0.05, 0) is 37.6 Å². The van der Waals surface area contributed by atoms with E-state index in [-0.39, 0.29) is 5.91 Å². The zero-order valence-corrected chi connectivity index (χ0v) is 14.3. The van der Waals surface area contributed by atoms with Crippen LogP contribution in [0.25, 0.3) is 0 Å². The maximum absolute atomic E-state index is 12.1. The monoisotopic (exact) mass is 324 g/mol. The van der Waals surface area contributed by atoms with Crippen LogP contribution in [-0.2, 0) is 4.79 Å². The average Bonchev–Trinajstić information content (AvgIpc) is 2.58. The number of piperazine rings is 1. The Balaban J connectivity index is 1.47. The molecule has 1 saturated heterocycles. The molecule has 1 fully saturated rings. The van der Waals surface area contributed by atoms with Crippen LogP contribution in [0.2, 0.25) is 0 Å². The van der Waals surface area contributed by atoms with Gasteiger partial charge in [-0.2, -0.15) is 0 Å². The molecule has 1 aromatic carbocycles. The molecule has 2 heterocycles. The number of hydrogen-bond acceptors (Lipinski definition) is 4. The first-order chi connectivity index (χ1) is 11.6. The molecule has 1 N–H and O–H groups in total. The van der Waals surface area contributed by atoms with Crippen LogP contribution in [0.1, 0.15) is 11.1 Å². The fourth-order valence-electron chi connectivity index (χ4n) is 2.85. The quantitative estimate of drug-likeness (QED) is 0.938. The zero-order chi connectivity index (χ0) is 16.9. The van der Waals surface area contributed by atoms with Crippen molar-refractivity contribution in [2.24, 2.45) is 0 Å². The zero-order valence-electron chi connectivity index (χ0n) is 14.3. The molecule has 0 atom stereocenters. The third kappa shape index (κ3) is 4.32. The van der Waals surface area contributed by atoms with Crippen molar-refractivity contribution in [3.05, 3.63) is 53.7 Å². The van der Waals surface area contributed by atoms with Crippen molar-refractivity contribution in [3.63, 3.8) is 0 Å². The van der Waals surface area contributed by atoms with Crippen LogP contribution < -0.4 is 10.2 Å². The Morgan fingerprint density at radius 1 is 1.00 bits per heavy atom. The fraction of sp³-hybridized carbons (Fsp3) is 0.368. The first-order valence-corrected chi connectivity index (χ1v) is 8.36. The maximum Gasteiger partial charge on any atom is 0.239 e. The third-order valence-corrected chi connectivity index (χ3v) is 4.32. The van der Waals surface area contributed by atoms with Crippen LogP contribution in [0.4, 0.5) is 11.5 Å². The van der Waals surface area contributed by atoms with Crippen molar-refractivity contribution in [2.45, 2.75) is 13.8 Å². The summed E-state index contributed by atoms with van der Waals surface area (Å²) < 4.78 is 0. The summed E-state index contributed by atoms with van der Waals surface area (Å²) in [6.45, 7) is 8.16. The van der Waals surface area contributed by atoms with Gasteiger partial charge in [-0.3, -0.25) is 9.69 Å². The molecule has 2 aromatic rings. The molecule has 1 amide bonds. The van der Waals surface area contributed by atoms with Gasteiger partial charge in [0.2, 0.25) is 5.91 Å². The molecular weight excluding hydrogens is 300 g/mol. The second-order valence-electron chi connectivity index (χ2n) is 6.37. The molecule has 0 spiro atoms. The minimum atomic E-state index is -0.00450. The smallest absolute Gasteiger partial charge is 0.239 e. The van der Waals surface area contributed by atoms with E-state index >= 15 is 0 Å². The summed E-state index contributed by atoms with van der Waals surface area (Å²) in [5.74, 6) is 0.610. The standard InChI is InChI=1S/C19H24N4O/c1-15-3-6-17(7-4-15)23-11-9-22(10-12-23)14-19(24)21-18-8-5-16(2)13-20-18/h3-8,13H,9-12,14H2,1-2H3,(H,20,21,24). The Bertz CT molecular complexity index is 674. The van der Waals surface area contributed by atoms with Gasteiger partial charge in [-0.15, -0.1) is 0 Å². The molecule has 0 unspecified atom stereocenters. The maximum atomic E-state index is 12.1. The number of benzene rings is 1. The van der Waals surface area contributed by atoms with Crippen molar-refractivity contribution in [2.75, 3.05) is 42.9 Å². The third-order valence-electron chi connectivity index (χ3n) is 4.32. The lowest BCUT2D eigenvalue weighted by Crippen LogP contribution is -2.48. The first-order valence-electron chi connectivity index (χ1n) is 8.36. The normalized spacial score (nSPS) is 15.3. The van der Waals surface area contributed by atoms with E-state index in [1.54, 1.807) is 6.20 Å². The van der Waals surface area contributed by atoms with Gasteiger partial charge in [0.15, 0.2) is 0 Å². The molecule has 3 rings (SSSR count). The summed E-state index contributed by atoms with van der Waals surface area (Å²) in [4.78, 5) is 20.9. The molecular formula is C19H24N4O. The largest absolute Gasteiger partial charge is 0.369 e. The number of carbonyl (C=O) groups is 1. The lowest BCUT2D eigenvalue weighted by Gasteiger charge is -2.35. The van der Waals surface area contributed by atoms with E-state index in [9.17, 15) is 4.79 Å². The van der Waals surface area contributed by atoms with E-state index in [0.29, 0.717) is 12.4 Å². The van der Waals surface area contributed by atoms with Crippen LogP contribution in [-0.4, -0.2) is 48.5 Å². The van der Waals surface area contributed by atoms with E-state index in [1.165, 1.54) is 11.3 Å². The molecule has 0 saturated carbocycles. The topological polar surface area (TPSA) is 48.5 Å². The van der Waals surface area contributed by atoms with Gasteiger partial charge < -0.3 is 10.2 Å². The Kier molecular flexibility index (Phi) is 5.11. The number of aryl methyl sites for hydroxylation is 2. The van der Waals surface area contributed by atoms with E-state index in [1.807, 2.05) is 19.1 Å². The molecule has 1 aliphatic heterocycles. The second-order valence-corrected chi connectivity index (χ2v) is 6.37. The summed E-state index contributed by atoms with van der Waals surface area (Å²) in [6, 6.07) is 12.4. The molecule has 1 aliphatic rings. The van der Waals surface area contributed by atoms with Gasteiger partial charge in [-0.25, -0.2) is 4.98 Å². The van der Waals surface area contributed by atoms with E-state index in [2.05, 4.69) is 51.3 Å². The molecule has 24 heavy (non-hydrogen) atoms. The minimum absolute atomic E-state index is 0.00450. The summed E-state index contributed by atoms with van der Waals surface area (Å²) in [7, 11) is 0. The molecule has 5 heteroatoms. The summed E-state index contributed by atoms with van der Waals surface area (Å²) in [5.41, 5.74) is 3.62. The van der Waals surface area contributed by atoms with Crippen molar-refractivity contribution in [3.8, 4) is 0 Å². The Labute approximate surface area is 143 Å². The van der Waals surface area contributed by atoms with Crippen molar-refractivity contribution >= 4 is 17.4 Å². The number of amides is 1. The van der Waals surface area contributed by atoms with Crippen molar-refractivity contribution in [1.29, 1.82) is 0 Å². The number of nitrogens with zero attached hydrogens (tertiary/aromatic N) is 3. The van der Waals surface area contributed by atoms with Crippen LogP contribution in [0.3, 0.4) is 0 Å². The predicted octanol–water partition coefficient (Wildman–Crippen LogP) is 2.46. The van der Waals surface area contributed by atoms with Crippen LogP contribution in [0, 0.1) is 13.8 Å². The van der Waals surface area contributed by atoms with Gasteiger partial charge in [-0.1, -0.05) is 23.8 Å². The molecule has 1 aromatic heterocycles.